The highest BCUT2D eigenvalue weighted by Gasteiger charge is 2.54. The van der Waals surface area contributed by atoms with Crippen LogP contribution in [0.2, 0.25) is 0 Å². The predicted molar refractivity (Wildman–Crippen MR) is 165 cm³/mol. The van der Waals surface area contributed by atoms with Crippen LogP contribution in [0.15, 0.2) is 36.7 Å². The third-order valence-electron chi connectivity index (χ3n) is 9.19. The van der Waals surface area contributed by atoms with E-state index in [1.54, 1.807) is 30.3 Å². The molecule has 1 saturated heterocycles. The standard InChI is InChI=1S/C31H40N6O4S/c1-4-35(2)42(39,40)34-26-19-23(20-33-29(26)41-17-9-16-37-14-6-5-7-15-37)22-10-11-25-24(18-22)28-27(21-32-25)36(3)30(38)31(28)12-8-13-31/h10-11,18-21,34H,4-9,12-17H2,1-3H3. The van der Waals surface area contributed by atoms with Gasteiger partial charge in [-0.3, -0.25) is 14.5 Å². The van der Waals surface area contributed by atoms with Crippen molar-refractivity contribution < 1.29 is 17.9 Å². The van der Waals surface area contributed by atoms with E-state index in [4.69, 9.17) is 4.74 Å². The molecule has 3 aliphatic rings. The highest BCUT2D eigenvalue weighted by molar-refractivity contribution is 7.90. The number of pyridine rings is 2. The molecule has 10 nitrogen and oxygen atoms in total. The van der Waals surface area contributed by atoms with Gasteiger partial charge < -0.3 is 14.5 Å². The van der Waals surface area contributed by atoms with Crippen molar-refractivity contribution in [3.8, 4) is 17.0 Å². The van der Waals surface area contributed by atoms with Crippen LogP contribution in [0.1, 0.15) is 57.4 Å². The van der Waals surface area contributed by atoms with Gasteiger partial charge in [0.25, 0.3) is 0 Å². The summed E-state index contributed by atoms with van der Waals surface area (Å²) in [6.07, 6.45) is 10.8. The molecule has 4 heterocycles. The Morgan fingerprint density at radius 3 is 2.55 bits per heavy atom. The lowest BCUT2D eigenvalue weighted by Gasteiger charge is -2.37. The maximum atomic E-state index is 13.3. The van der Waals surface area contributed by atoms with Crippen molar-refractivity contribution in [2.75, 3.05) is 56.5 Å². The number of ether oxygens (including phenoxy) is 1. The zero-order chi connectivity index (χ0) is 29.5. The molecule has 6 rings (SSSR count). The van der Waals surface area contributed by atoms with Crippen LogP contribution in [0.3, 0.4) is 0 Å². The third-order valence-corrected chi connectivity index (χ3v) is 10.8. The molecular formula is C31H40N6O4S. The Labute approximate surface area is 248 Å². The summed E-state index contributed by atoms with van der Waals surface area (Å²) in [5, 5.41) is 0.952. The average molecular weight is 593 g/mol. The normalized spacial score (nSPS) is 18.5. The number of piperidine rings is 1. The molecule has 0 radical (unpaired) electrons. The minimum atomic E-state index is -3.80. The van der Waals surface area contributed by atoms with E-state index in [-0.39, 0.29) is 11.8 Å². The molecular weight excluding hydrogens is 552 g/mol. The van der Waals surface area contributed by atoms with E-state index in [1.165, 1.54) is 30.6 Å². The fourth-order valence-corrected chi connectivity index (χ4v) is 7.40. The summed E-state index contributed by atoms with van der Waals surface area (Å²) in [4.78, 5) is 26.7. The molecule has 1 N–H and O–H groups in total. The summed E-state index contributed by atoms with van der Waals surface area (Å²) in [5.41, 5.74) is 4.19. The number of nitrogens with zero attached hydrogens (tertiary/aromatic N) is 5. The van der Waals surface area contributed by atoms with Crippen LogP contribution in [-0.2, 0) is 20.4 Å². The topological polar surface area (TPSA) is 108 Å². The highest BCUT2D eigenvalue weighted by atomic mass is 32.2. The first kappa shape index (κ1) is 28.8. The number of hydrogen-bond donors (Lipinski definition) is 1. The average Bonchev–Trinajstić information content (AvgIpc) is 3.22. The first-order chi connectivity index (χ1) is 20.2. The van der Waals surface area contributed by atoms with E-state index < -0.39 is 15.6 Å². The number of aromatic nitrogens is 2. The molecule has 0 unspecified atom stereocenters. The van der Waals surface area contributed by atoms with Gasteiger partial charge in [-0.05, 0) is 69.0 Å². The lowest BCUT2D eigenvalue weighted by molar-refractivity contribution is -0.125. The Balaban J connectivity index is 1.32. The van der Waals surface area contributed by atoms with Gasteiger partial charge >= 0.3 is 10.2 Å². The number of likely N-dealkylation sites (N-methyl/N-ethyl adjacent to an activating group) is 1. The number of nitrogens with one attached hydrogen (secondary N) is 1. The van der Waals surface area contributed by atoms with E-state index in [2.05, 4.69) is 25.7 Å². The Bertz CT molecular complexity index is 1600. The second-order valence-corrected chi connectivity index (χ2v) is 13.5. The molecule has 2 aliphatic heterocycles. The Hall–Kier alpha value is -3.28. The second-order valence-electron chi connectivity index (χ2n) is 11.8. The summed E-state index contributed by atoms with van der Waals surface area (Å²) >= 11 is 0. The monoisotopic (exact) mass is 592 g/mol. The van der Waals surface area contributed by atoms with Gasteiger partial charge in [0.05, 0.1) is 29.4 Å². The van der Waals surface area contributed by atoms with Gasteiger partial charge in [0, 0.05) is 49.9 Å². The molecule has 1 saturated carbocycles. The minimum absolute atomic E-state index is 0.142. The van der Waals surface area contributed by atoms with Crippen LogP contribution in [0.25, 0.3) is 22.0 Å². The van der Waals surface area contributed by atoms with Crippen molar-refractivity contribution in [1.29, 1.82) is 0 Å². The van der Waals surface area contributed by atoms with Crippen LogP contribution in [0.4, 0.5) is 11.4 Å². The molecule has 2 fully saturated rings. The fourth-order valence-electron chi connectivity index (χ4n) is 6.48. The van der Waals surface area contributed by atoms with Crippen LogP contribution in [0, 0.1) is 0 Å². The summed E-state index contributed by atoms with van der Waals surface area (Å²) in [7, 11) is -0.439. The molecule has 1 spiro atoms. The molecule has 2 aromatic heterocycles. The van der Waals surface area contributed by atoms with Crippen molar-refractivity contribution in [3.05, 3.63) is 42.2 Å². The summed E-state index contributed by atoms with van der Waals surface area (Å²) < 4.78 is 36.0. The molecule has 0 bridgehead atoms. The zero-order valence-corrected chi connectivity index (χ0v) is 25.5. The van der Waals surface area contributed by atoms with Crippen LogP contribution >= 0.6 is 0 Å². The molecule has 224 valence electrons. The van der Waals surface area contributed by atoms with Gasteiger partial charge in [-0.15, -0.1) is 0 Å². The molecule has 1 aliphatic carbocycles. The summed E-state index contributed by atoms with van der Waals surface area (Å²) in [5.74, 6) is 0.401. The van der Waals surface area contributed by atoms with Gasteiger partial charge in [0.1, 0.15) is 5.69 Å². The maximum Gasteiger partial charge on any atom is 0.301 e. The Kier molecular flexibility index (Phi) is 7.84. The molecule has 1 amide bonds. The zero-order valence-electron chi connectivity index (χ0n) is 24.7. The smallest absolute Gasteiger partial charge is 0.301 e. The first-order valence-corrected chi connectivity index (χ1v) is 16.5. The highest BCUT2D eigenvalue weighted by Crippen LogP contribution is 2.55. The molecule has 42 heavy (non-hydrogen) atoms. The summed E-state index contributed by atoms with van der Waals surface area (Å²) in [6.45, 7) is 5.75. The maximum absolute atomic E-state index is 13.3. The number of fused-ring (bicyclic) bond motifs is 4. The van der Waals surface area contributed by atoms with Crippen molar-refractivity contribution in [2.45, 2.75) is 57.3 Å². The number of benzene rings is 1. The van der Waals surface area contributed by atoms with E-state index in [9.17, 15) is 13.2 Å². The van der Waals surface area contributed by atoms with Crippen molar-refractivity contribution in [1.82, 2.24) is 19.2 Å². The number of rotatable bonds is 10. The van der Waals surface area contributed by atoms with Crippen molar-refractivity contribution in [2.24, 2.45) is 0 Å². The number of anilines is 2. The van der Waals surface area contributed by atoms with Crippen molar-refractivity contribution >= 4 is 38.4 Å². The lowest BCUT2D eigenvalue weighted by atomic mass is 9.64. The summed E-state index contributed by atoms with van der Waals surface area (Å²) in [6, 6.07) is 7.75. The Morgan fingerprint density at radius 2 is 1.83 bits per heavy atom. The second kappa shape index (κ2) is 11.4. The molecule has 0 atom stereocenters. The molecule has 1 aromatic carbocycles. The third kappa shape index (κ3) is 5.11. The quantitative estimate of drug-likeness (QED) is 0.344. The fraction of sp³-hybridized carbons (Fsp3) is 0.516. The number of amides is 1. The molecule has 3 aromatic rings. The molecule has 11 heteroatoms. The van der Waals surface area contributed by atoms with Gasteiger partial charge in [-0.2, -0.15) is 12.7 Å². The number of hydrogen-bond acceptors (Lipinski definition) is 7. The number of carbonyl (C=O) groups is 1. The van der Waals surface area contributed by atoms with Crippen LogP contribution < -0.4 is 14.4 Å². The lowest BCUT2D eigenvalue weighted by Crippen LogP contribution is -2.43. The van der Waals surface area contributed by atoms with Crippen LogP contribution in [0.5, 0.6) is 5.88 Å². The van der Waals surface area contributed by atoms with Crippen LogP contribution in [-0.4, -0.2) is 80.4 Å². The van der Waals surface area contributed by atoms with Gasteiger partial charge in [0.15, 0.2) is 0 Å². The number of likely N-dealkylation sites (tertiary alicyclic amines) is 1. The van der Waals surface area contributed by atoms with E-state index in [0.717, 1.165) is 78.6 Å². The SMILES string of the molecule is CCN(C)S(=O)(=O)Nc1cc(-c2ccc3ncc4c(c3c2)C2(CCC2)C(=O)N4C)cnc1OCCCN1CCCCC1. The Morgan fingerprint density at radius 1 is 1.05 bits per heavy atom. The van der Waals surface area contributed by atoms with Crippen molar-refractivity contribution in [3.63, 3.8) is 0 Å². The minimum Gasteiger partial charge on any atom is -0.476 e. The number of carbonyl (C=O) groups excluding carboxylic acids is 1. The first-order valence-electron chi connectivity index (χ1n) is 15.0. The van der Waals surface area contributed by atoms with Gasteiger partial charge in [0.2, 0.25) is 11.8 Å². The van der Waals surface area contributed by atoms with E-state index >= 15 is 0 Å². The van der Waals surface area contributed by atoms with Gasteiger partial charge in [-0.1, -0.05) is 25.8 Å². The largest absolute Gasteiger partial charge is 0.476 e. The predicted octanol–water partition coefficient (Wildman–Crippen LogP) is 4.56. The van der Waals surface area contributed by atoms with Gasteiger partial charge in [-0.25, -0.2) is 4.98 Å². The van der Waals surface area contributed by atoms with E-state index in [0.29, 0.717) is 18.8 Å². The van der Waals surface area contributed by atoms with E-state index in [1.807, 2.05) is 19.2 Å².